The molecule has 0 bridgehead atoms. The second kappa shape index (κ2) is 2.96. The fourth-order valence-electron chi connectivity index (χ4n) is 2.51. The van der Waals surface area contributed by atoms with Crippen molar-refractivity contribution in [2.45, 2.75) is 20.3 Å². The summed E-state index contributed by atoms with van der Waals surface area (Å²) in [6.07, 6.45) is 1.13. The van der Waals surface area contributed by atoms with Gasteiger partial charge in [0.05, 0.1) is 0 Å². The van der Waals surface area contributed by atoms with Gasteiger partial charge in [-0.25, -0.2) is 0 Å². The number of fused-ring (bicyclic) bond motifs is 3. The van der Waals surface area contributed by atoms with Crippen LogP contribution in [0.25, 0.3) is 16.3 Å². The van der Waals surface area contributed by atoms with Crippen LogP contribution < -0.4 is 0 Å². The third-order valence-electron chi connectivity index (χ3n) is 3.53. The summed E-state index contributed by atoms with van der Waals surface area (Å²) in [4.78, 5) is 0. The molecule has 0 spiro atoms. The highest BCUT2D eigenvalue weighted by atomic mass is 14.2. The molecule has 15 heavy (non-hydrogen) atoms. The molecule has 3 rings (SSSR count). The molecule has 0 aliphatic heterocycles. The zero-order valence-corrected chi connectivity index (χ0v) is 9.17. The quantitative estimate of drug-likeness (QED) is 0.590. The lowest BCUT2D eigenvalue weighted by Crippen LogP contribution is -1.85. The van der Waals surface area contributed by atoms with Crippen LogP contribution in [0.1, 0.15) is 25.0 Å². The van der Waals surface area contributed by atoms with Crippen molar-refractivity contribution < 1.29 is 0 Å². The average molecular weight is 194 g/mol. The molecule has 0 atom stereocenters. The van der Waals surface area contributed by atoms with Gasteiger partial charge in [-0.1, -0.05) is 42.0 Å². The van der Waals surface area contributed by atoms with Crippen LogP contribution in [0.2, 0.25) is 0 Å². The number of rotatable bonds is 0. The van der Waals surface area contributed by atoms with Crippen LogP contribution >= 0.6 is 0 Å². The van der Waals surface area contributed by atoms with Crippen LogP contribution in [0.5, 0.6) is 0 Å². The van der Waals surface area contributed by atoms with E-state index in [2.05, 4.69) is 50.2 Å². The second-order valence-electron chi connectivity index (χ2n) is 4.39. The van der Waals surface area contributed by atoms with Crippen molar-refractivity contribution in [3.05, 3.63) is 53.1 Å². The van der Waals surface area contributed by atoms with E-state index >= 15 is 0 Å². The van der Waals surface area contributed by atoms with Gasteiger partial charge in [0.2, 0.25) is 0 Å². The molecule has 74 valence electrons. The maximum atomic E-state index is 2.27. The van der Waals surface area contributed by atoms with Gasteiger partial charge in [-0.15, -0.1) is 0 Å². The SMILES string of the molecule is CC1=C(C)c2ccc3ccccc3c2C1. The van der Waals surface area contributed by atoms with E-state index in [1.165, 1.54) is 33.0 Å². The zero-order valence-electron chi connectivity index (χ0n) is 9.17. The summed E-state index contributed by atoms with van der Waals surface area (Å²) in [5.74, 6) is 0. The molecular formula is C15H14. The lowest BCUT2D eigenvalue weighted by atomic mass is 9.99. The first kappa shape index (κ1) is 8.72. The van der Waals surface area contributed by atoms with Gasteiger partial charge in [0.1, 0.15) is 0 Å². The molecule has 0 heterocycles. The Morgan fingerprint density at radius 3 is 2.60 bits per heavy atom. The van der Waals surface area contributed by atoms with Crippen LogP contribution in [0.4, 0.5) is 0 Å². The maximum Gasteiger partial charge on any atom is -0.00517 e. The molecule has 0 amide bonds. The Morgan fingerprint density at radius 1 is 0.933 bits per heavy atom. The molecule has 0 unspecified atom stereocenters. The lowest BCUT2D eigenvalue weighted by Gasteiger charge is -2.05. The van der Waals surface area contributed by atoms with E-state index in [0.29, 0.717) is 0 Å². The number of benzene rings is 2. The van der Waals surface area contributed by atoms with Crippen LogP contribution in [-0.4, -0.2) is 0 Å². The monoisotopic (exact) mass is 194 g/mol. The standard InChI is InChI=1S/C15H14/c1-10-9-15-13(11(10)2)8-7-12-5-3-4-6-14(12)15/h3-8H,9H2,1-2H3. The highest BCUT2D eigenvalue weighted by Crippen LogP contribution is 2.36. The third-order valence-corrected chi connectivity index (χ3v) is 3.53. The zero-order chi connectivity index (χ0) is 10.4. The predicted octanol–water partition coefficient (Wildman–Crippen LogP) is 4.19. The van der Waals surface area contributed by atoms with Crippen molar-refractivity contribution in [1.29, 1.82) is 0 Å². The van der Waals surface area contributed by atoms with Gasteiger partial charge in [0.15, 0.2) is 0 Å². The van der Waals surface area contributed by atoms with Gasteiger partial charge in [-0.3, -0.25) is 0 Å². The largest absolute Gasteiger partial charge is 0.0654 e. The lowest BCUT2D eigenvalue weighted by molar-refractivity contribution is 1.21. The first-order chi connectivity index (χ1) is 7.27. The normalized spacial score (nSPS) is 14.8. The van der Waals surface area contributed by atoms with Gasteiger partial charge in [-0.05, 0) is 47.7 Å². The van der Waals surface area contributed by atoms with Gasteiger partial charge < -0.3 is 0 Å². The molecule has 2 aromatic carbocycles. The van der Waals surface area contributed by atoms with Crippen LogP contribution in [0, 0.1) is 0 Å². The Kier molecular flexibility index (Phi) is 1.72. The van der Waals surface area contributed by atoms with E-state index in [1.54, 1.807) is 0 Å². The topological polar surface area (TPSA) is 0 Å². The highest BCUT2D eigenvalue weighted by Gasteiger charge is 2.17. The summed E-state index contributed by atoms with van der Waals surface area (Å²) in [5.41, 5.74) is 5.95. The van der Waals surface area contributed by atoms with Crippen molar-refractivity contribution in [1.82, 2.24) is 0 Å². The second-order valence-corrected chi connectivity index (χ2v) is 4.39. The molecule has 1 aliphatic rings. The fraction of sp³-hybridized carbons (Fsp3) is 0.200. The van der Waals surface area contributed by atoms with E-state index in [0.717, 1.165) is 6.42 Å². The molecule has 0 nitrogen and oxygen atoms in total. The average Bonchev–Trinajstić information content (AvgIpc) is 2.56. The fourth-order valence-corrected chi connectivity index (χ4v) is 2.51. The predicted molar refractivity (Wildman–Crippen MR) is 65.9 cm³/mol. The first-order valence-corrected chi connectivity index (χ1v) is 5.45. The summed E-state index contributed by atoms with van der Waals surface area (Å²) in [6.45, 7) is 4.47. The minimum absolute atomic E-state index is 1.13. The van der Waals surface area contributed by atoms with Gasteiger partial charge >= 0.3 is 0 Å². The van der Waals surface area contributed by atoms with Crippen LogP contribution in [-0.2, 0) is 6.42 Å². The minimum atomic E-state index is 1.13. The molecule has 0 N–H and O–H groups in total. The van der Waals surface area contributed by atoms with E-state index in [9.17, 15) is 0 Å². The Balaban J connectivity index is 2.38. The number of hydrogen-bond donors (Lipinski definition) is 0. The molecule has 0 aromatic heterocycles. The summed E-state index contributed by atoms with van der Waals surface area (Å²) in [6, 6.07) is 13.2. The van der Waals surface area contributed by atoms with Crippen molar-refractivity contribution in [2.24, 2.45) is 0 Å². The highest BCUT2D eigenvalue weighted by molar-refractivity contribution is 5.93. The van der Waals surface area contributed by atoms with E-state index < -0.39 is 0 Å². The molecule has 1 aliphatic carbocycles. The molecule has 0 radical (unpaired) electrons. The van der Waals surface area contributed by atoms with E-state index in [4.69, 9.17) is 0 Å². The van der Waals surface area contributed by atoms with Crippen LogP contribution in [0.15, 0.2) is 42.0 Å². The Labute approximate surface area is 90.2 Å². The van der Waals surface area contributed by atoms with Gasteiger partial charge in [0.25, 0.3) is 0 Å². The van der Waals surface area contributed by atoms with Gasteiger partial charge in [0, 0.05) is 0 Å². The molecule has 0 saturated carbocycles. The smallest absolute Gasteiger partial charge is 0.00517 e. The molecule has 0 heteroatoms. The number of allylic oxidation sites excluding steroid dienone is 2. The molecule has 0 saturated heterocycles. The van der Waals surface area contributed by atoms with Crippen molar-refractivity contribution >= 4 is 16.3 Å². The first-order valence-electron chi connectivity index (χ1n) is 5.45. The summed E-state index contributed by atoms with van der Waals surface area (Å²) >= 11 is 0. The third kappa shape index (κ3) is 1.14. The Bertz CT molecular complexity index is 574. The van der Waals surface area contributed by atoms with Crippen molar-refractivity contribution in [3.63, 3.8) is 0 Å². The summed E-state index contributed by atoms with van der Waals surface area (Å²) < 4.78 is 0. The van der Waals surface area contributed by atoms with E-state index in [-0.39, 0.29) is 0 Å². The molecule has 2 aromatic rings. The van der Waals surface area contributed by atoms with Gasteiger partial charge in [-0.2, -0.15) is 0 Å². The van der Waals surface area contributed by atoms with Crippen LogP contribution in [0.3, 0.4) is 0 Å². The maximum absolute atomic E-state index is 2.27. The van der Waals surface area contributed by atoms with Crippen molar-refractivity contribution in [2.75, 3.05) is 0 Å². The molecular weight excluding hydrogens is 180 g/mol. The summed E-state index contributed by atoms with van der Waals surface area (Å²) in [7, 11) is 0. The Hall–Kier alpha value is -1.56. The number of hydrogen-bond acceptors (Lipinski definition) is 0. The summed E-state index contributed by atoms with van der Waals surface area (Å²) in [5, 5.41) is 2.78. The van der Waals surface area contributed by atoms with E-state index in [1.807, 2.05) is 0 Å². The Morgan fingerprint density at radius 2 is 1.73 bits per heavy atom. The minimum Gasteiger partial charge on any atom is -0.0654 e. The van der Waals surface area contributed by atoms with Crippen molar-refractivity contribution in [3.8, 4) is 0 Å². The molecule has 0 fully saturated rings.